The molecule has 0 aliphatic carbocycles. The summed E-state index contributed by atoms with van der Waals surface area (Å²) in [5, 5.41) is 0. The number of hydrogen-bond acceptors (Lipinski definition) is 4. The van der Waals surface area contributed by atoms with Gasteiger partial charge in [-0.25, -0.2) is 21.2 Å². The number of nitrogens with zero attached hydrogens (tertiary/aromatic N) is 1. The third-order valence-corrected chi connectivity index (χ3v) is 7.35. The van der Waals surface area contributed by atoms with Crippen molar-refractivity contribution >= 4 is 31.4 Å². The van der Waals surface area contributed by atoms with Gasteiger partial charge in [0, 0.05) is 6.54 Å². The van der Waals surface area contributed by atoms with Crippen molar-refractivity contribution in [3.05, 3.63) is 53.8 Å². The molecule has 0 radical (unpaired) electrons. The Morgan fingerprint density at radius 2 is 1.77 bits per heavy atom. The molecular weight excluding hydrogens is 379 g/mol. The number of nitrogens with one attached hydrogen (secondary N) is 1. The van der Waals surface area contributed by atoms with Gasteiger partial charge in [0.15, 0.2) is 0 Å². The molecule has 1 N–H and O–H groups in total. The zero-order valence-corrected chi connectivity index (χ0v) is 15.8. The van der Waals surface area contributed by atoms with Gasteiger partial charge >= 0.3 is 0 Å². The largest absolute Gasteiger partial charge is 0.283 e. The minimum atomic E-state index is -3.87. The number of rotatable bonds is 5. The highest BCUT2D eigenvalue weighted by molar-refractivity contribution is 7.93. The van der Waals surface area contributed by atoms with Gasteiger partial charge in [0.2, 0.25) is 10.0 Å². The Kier molecular flexibility index (Phi) is 4.94. The molecule has 26 heavy (non-hydrogen) atoms. The summed E-state index contributed by atoms with van der Waals surface area (Å²) in [6.45, 7) is 1.79. The maximum atomic E-state index is 13.1. The standard InChI is InChI=1S/C17H19FN2O4S2/c1-2-25(21,22)19-15-8-5-13-4-3-11-20(17(13)12-15)26(23,24)16-9-6-14(18)7-10-16/h5-10,12,19H,2-4,11H2,1H3. The molecular formula is C17H19FN2O4S2. The number of halogens is 1. The lowest BCUT2D eigenvalue weighted by Gasteiger charge is -2.31. The predicted octanol–water partition coefficient (Wildman–Crippen LogP) is 2.73. The molecule has 0 unspecified atom stereocenters. The van der Waals surface area contributed by atoms with Crippen LogP contribution in [0.5, 0.6) is 0 Å². The summed E-state index contributed by atoms with van der Waals surface area (Å²) in [6.07, 6.45) is 1.35. The van der Waals surface area contributed by atoms with Crippen LogP contribution in [0.4, 0.5) is 15.8 Å². The van der Waals surface area contributed by atoms with Crippen molar-refractivity contribution in [2.75, 3.05) is 21.3 Å². The van der Waals surface area contributed by atoms with Gasteiger partial charge in [-0.2, -0.15) is 0 Å². The van der Waals surface area contributed by atoms with Crippen molar-refractivity contribution in [3.63, 3.8) is 0 Å². The van der Waals surface area contributed by atoms with Crippen LogP contribution in [0.2, 0.25) is 0 Å². The van der Waals surface area contributed by atoms with E-state index in [9.17, 15) is 21.2 Å². The van der Waals surface area contributed by atoms with Gasteiger partial charge in [0.1, 0.15) is 5.82 Å². The highest BCUT2D eigenvalue weighted by Crippen LogP contribution is 2.34. The SMILES string of the molecule is CCS(=O)(=O)Nc1ccc2c(c1)N(S(=O)(=O)c1ccc(F)cc1)CCC2. The van der Waals surface area contributed by atoms with Crippen molar-refractivity contribution in [1.29, 1.82) is 0 Å². The second-order valence-electron chi connectivity index (χ2n) is 5.98. The highest BCUT2D eigenvalue weighted by Gasteiger charge is 2.29. The van der Waals surface area contributed by atoms with Crippen molar-refractivity contribution < 1.29 is 21.2 Å². The van der Waals surface area contributed by atoms with Gasteiger partial charge in [0.05, 0.1) is 22.0 Å². The zero-order valence-electron chi connectivity index (χ0n) is 14.1. The van der Waals surface area contributed by atoms with E-state index in [-0.39, 0.29) is 17.2 Å². The normalized spacial score (nSPS) is 14.8. The first-order chi connectivity index (χ1) is 12.2. The van der Waals surface area contributed by atoms with Crippen LogP contribution < -0.4 is 9.03 Å². The Hall–Kier alpha value is -2.13. The molecule has 0 saturated carbocycles. The molecule has 0 spiro atoms. The monoisotopic (exact) mass is 398 g/mol. The molecule has 2 aromatic carbocycles. The number of hydrogen-bond donors (Lipinski definition) is 1. The lowest BCUT2D eigenvalue weighted by atomic mass is 10.0. The van der Waals surface area contributed by atoms with Crippen LogP contribution >= 0.6 is 0 Å². The van der Waals surface area contributed by atoms with E-state index in [1.165, 1.54) is 29.4 Å². The summed E-state index contributed by atoms with van der Waals surface area (Å²) in [5.41, 5.74) is 1.57. The van der Waals surface area contributed by atoms with Crippen LogP contribution in [-0.4, -0.2) is 29.1 Å². The third kappa shape index (κ3) is 3.68. The molecule has 0 fully saturated rings. The summed E-state index contributed by atoms with van der Waals surface area (Å²) < 4.78 is 66.4. The lowest BCUT2D eigenvalue weighted by Crippen LogP contribution is -2.35. The minimum Gasteiger partial charge on any atom is -0.283 e. The van der Waals surface area contributed by atoms with Crippen molar-refractivity contribution in [1.82, 2.24) is 0 Å². The van der Waals surface area contributed by atoms with Crippen molar-refractivity contribution in [2.24, 2.45) is 0 Å². The third-order valence-electron chi connectivity index (χ3n) is 4.22. The van der Waals surface area contributed by atoms with E-state index in [0.29, 0.717) is 24.2 Å². The molecule has 9 heteroatoms. The van der Waals surface area contributed by atoms with Gasteiger partial charge in [-0.05, 0) is 61.7 Å². The number of aryl methyl sites for hydroxylation is 1. The molecule has 0 bridgehead atoms. The first kappa shape index (κ1) is 18.7. The summed E-state index contributed by atoms with van der Waals surface area (Å²) in [6, 6.07) is 9.54. The number of sulfonamides is 2. The van der Waals surface area contributed by atoms with Crippen LogP contribution in [-0.2, 0) is 26.5 Å². The average Bonchev–Trinajstić information content (AvgIpc) is 2.61. The summed E-state index contributed by atoms with van der Waals surface area (Å²) in [5.74, 6) is -0.596. The topological polar surface area (TPSA) is 83.6 Å². The molecule has 3 rings (SSSR count). The predicted molar refractivity (Wildman–Crippen MR) is 98.8 cm³/mol. The summed E-state index contributed by atoms with van der Waals surface area (Å²) in [7, 11) is -7.34. The quantitative estimate of drug-likeness (QED) is 0.839. The van der Waals surface area contributed by atoms with Crippen LogP contribution in [0.3, 0.4) is 0 Å². The fourth-order valence-electron chi connectivity index (χ4n) is 2.84. The molecule has 0 aromatic heterocycles. The molecule has 140 valence electrons. The first-order valence-electron chi connectivity index (χ1n) is 8.15. The number of anilines is 2. The smallest absolute Gasteiger partial charge is 0.264 e. The molecule has 2 aromatic rings. The van der Waals surface area contributed by atoms with Crippen LogP contribution in [0.1, 0.15) is 18.9 Å². The van der Waals surface area contributed by atoms with E-state index >= 15 is 0 Å². The Balaban J connectivity index is 2.03. The van der Waals surface area contributed by atoms with Crippen LogP contribution in [0.15, 0.2) is 47.4 Å². The molecule has 6 nitrogen and oxygen atoms in total. The number of fused-ring (bicyclic) bond motifs is 1. The Bertz CT molecular complexity index is 1020. The maximum Gasteiger partial charge on any atom is 0.264 e. The van der Waals surface area contributed by atoms with Gasteiger partial charge in [-0.3, -0.25) is 9.03 Å². The van der Waals surface area contributed by atoms with E-state index in [2.05, 4.69) is 4.72 Å². The van der Waals surface area contributed by atoms with E-state index in [1.54, 1.807) is 12.1 Å². The second kappa shape index (κ2) is 6.88. The van der Waals surface area contributed by atoms with Crippen molar-refractivity contribution in [3.8, 4) is 0 Å². The van der Waals surface area contributed by atoms with E-state index < -0.39 is 25.9 Å². The zero-order chi connectivity index (χ0) is 18.9. The van der Waals surface area contributed by atoms with E-state index in [4.69, 9.17) is 0 Å². The molecule has 0 saturated heterocycles. The fraction of sp³-hybridized carbons (Fsp3) is 0.294. The minimum absolute atomic E-state index is 0.00806. The number of benzene rings is 2. The molecule has 0 amide bonds. The first-order valence-corrected chi connectivity index (χ1v) is 11.2. The van der Waals surface area contributed by atoms with E-state index in [0.717, 1.165) is 17.7 Å². The maximum absolute atomic E-state index is 13.1. The van der Waals surface area contributed by atoms with Gasteiger partial charge in [0.25, 0.3) is 10.0 Å². The Morgan fingerprint density at radius 3 is 2.42 bits per heavy atom. The molecule has 1 aliphatic heterocycles. The fourth-order valence-corrected chi connectivity index (χ4v) is 5.00. The Morgan fingerprint density at radius 1 is 1.08 bits per heavy atom. The summed E-state index contributed by atoms with van der Waals surface area (Å²) in [4.78, 5) is -0.00806. The van der Waals surface area contributed by atoms with E-state index in [1.807, 2.05) is 0 Å². The molecule has 1 aliphatic rings. The highest BCUT2D eigenvalue weighted by atomic mass is 32.2. The average molecular weight is 398 g/mol. The lowest BCUT2D eigenvalue weighted by molar-refractivity contribution is 0.585. The van der Waals surface area contributed by atoms with Crippen molar-refractivity contribution in [2.45, 2.75) is 24.7 Å². The molecule has 1 heterocycles. The van der Waals surface area contributed by atoms with Gasteiger partial charge in [-0.1, -0.05) is 6.07 Å². The van der Waals surface area contributed by atoms with Gasteiger partial charge in [-0.15, -0.1) is 0 Å². The summed E-state index contributed by atoms with van der Waals surface area (Å²) >= 11 is 0. The molecule has 0 atom stereocenters. The Labute approximate surface area is 152 Å². The van der Waals surface area contributed by atoms with Gasteiger partial charge < -0.3 is 0 Å². The van der Waals surface area contributed by atoms with Crippen LogP contribution in [0, 0.1) is 5.82 Å². The second-order valence-corrected chi connectivity index (χ2v) is 9.86. The van der Waals surface area contributed by atoms with Crippen LogP contribution in [0.25, 0.3) is 0 Å².